The monoisotopic (exact) mass is 538 g/mol. The summed E-state index contributed by atoms with van der Waals surface area (Å²) in [6.45, 7) is 3.07. The molecule has 0 aromatic heterocycles. The highest BCUT2D eigenvalue weighted by Crippen LogP contribution is 2.22. The predicted octanol–water partition coefficient (Wildman–Crippen LogP) is 6.10. The van der Waals surface area contributed by atoms with Crippen molar-refractivity contribution in [2.75, 3.05) is 12.3 Å². The molecule has 0 spiro atoms. The van der Waals surface area contributed by atoms with E-state index in [1.165, 1.54) is 11.8 Å². The first-order chi connectivity index (χ1) is 16.6. The summed E-state index contributed by atoms with van der Waals surface area (Å²) < 4.78 is 0.947. The van der Waals surface area contributed by atoms with Crippen LogP contribution in [0.4, 0.5) is 0 Å². The van der Waals surface area contributed by atoms with Crippen molar-refractivity contribution < 1.29 is 9.59 Å². The Balaban J connectivity index is 1.87. The second-order valence-electron chi connectivity index (χ2n) is 8.10. The molecule has 178 valence electrons. The van der Waals surface area contributed by atoms with Gasteiger partial charge in [0.1, 0.15) is 6.04 Å². The minimum atomic E-state index is -0.595. The van der Waals surface area contributed by atoms with Crippen LogP contribution in [0, 0.1) is 0 Å². The fourth-order valence-corrected chi connectivity index (χ4v) is 4.89. The third-order valence-electron chi connectivity index (χ3n) is 5.45. The van der Waals surface area contributed by atoms with Crippen LogP contribution < -0.4 is 5.32 Å². The van der Waals surface area contributed by atoms with E-state index in [0.717, 1.165) is 33.3 Å². The SMILES string of the molecule is CCCCNC(=O)C(Cc1ccccc1)N(Cc1cccc(Br)c1)C(=O)CSc1ccccc1. The van der Waals surface area contributed by atoms with Crippen molar-refractivity contribution >= 4 is 39.5 Å². The van der Waals surface area contributed by atoms with Crippen LogP contribution in [0.3, 0.4) is 0 Å². The number of hydrogen-bond donors (Lipinski definition) is 1. The number of benzene rings is 3. The fraction of sp³-hybridized carbons (Fsp3) is 0.286. The number of nitrogens with one attached hydrogen (secondary N) is 1. The van der Waals surface area contributed by atoms with Gasteiger partial charge in [0.05, 0.1) is 5.75 Å². The molecule has 0 heterocycles. The summed E-state index contributed by atoms with van der Waals surface area (Å²) in [5, 5.41) is 3.06. The maximum atomic E-state index is 13.6. The van der Waals surface area contributed by atoms with Gasteiger partial charge >= 0.3 is 0 Å². The maximum Gasteiger partial charge on any atom is 0.243 e. The lowest BCUT2D eigenvalue weighted by molar-refractivity contribution is -0.139. The normalized spacial score (nSPS) is 11.6. The molecule has 3 aromatic rings. The minimum Gasteiger partial charge on any atom is -0.354 e. The Bertz CT molecular complexity index is 1050. The van der Waals surface area contributed by atoms with Crippen molar-refractivity contribution in [1.82, 2.24) is 10.2 Å². The van der Waals surface area contributed by atoms with E-state index < -0.39 is 6.04 Å². The van der Waals surface area contributed by atoms with Crippen molar-refractivity contribution in [3.63, 3.8) is 0 Å². The van der Waals surface area contributed by atoms with Gasteiger partial charge in [0, 0.05) is 28.9 Å². The molecule has 0 aliphatic heterocycles. The van der Waals surface area contributed by atoms with Crippen molar-refractivity contribution in [1.29, 1.82) is 0 Å². The number of rotatable bonds is 12. The fourth-order valence-electron chi connectivity index (χ4n) is 3.64. The Morgan fingerprint density at radius 1 is 0.941 bits per heavy atom. The summed E-state index contributed by atoms with van der Waals surface area (Å²) in [4.78, 5) is 29.7. The van der Waals surface area contributed by atoms with E-state index in [9.17, 15) is 9.59 Å². The van der Waals surface area contributed by atoms with Crippen LogP contribution in [-0.4, -0.2) is 35.1 Å². The van der Waals surface area contributed by atoms with Gasteiger partial charge in [-0.25, -0.2) is 0 Å². The molecule has 0 saturated heterocycles. The summed E-state index contributed by atoms with van der Waals surface area (Å²) in [5.41, 5.74) is 2.01. The molecule has 0 saturated carbocycles. The van der Waals surface area contributed by atoms with Crippen LogP contribution in [0.25, 0.3) is 0 Å². The third-order valence-corrected chi connectivity index (χ3v) is 6.94. The Morgan fingerprint density at radius 3 is 2.29 bits per heavy atom. The van der Waals surface area contributed by atoms with Gasteiger partial charge < -0.3 is 10.2 Å². The quantitative estimate of drug-likeness (QED) is 0.224. The lowest BCUT2D eigenvalue weighted by Crippen LogP contribution is -2.51. The number of carbonyl (C=O) groups is 2. The molecule has 3 rings (SSSR count). The summed E-state index contributed by atoms with van der Waals surface area (Å²) in [7, 11) is 0. The van der Waals surface area contributed by atoms with Crippen LogP contribution in [0.15, 0.2) is 94.3 Å². The first kappa shape index (κ1) is 26.0. The summed E-state index contributed by atoms with van der Waals surface area (Å²) in [6, 6.07) is 27.1. The molecule has 0 radical (unpaired) electrons. The van der Waals surface area contributed by atoms with Gasteiger partial charge in [-0.05, 0) is 41.8 Å². The average Bonchev–Trinajstić information content (AvgIpc) is 2.86. The van der Waals surface area contributed by atoms with Crippen molar-refractivity contribution in [2.45, 2.75) is 43.7 Å². The Hall–Kier alpha value is -2.57. The van der Waals surface area contributed by atoms with E-state index in [4.69, 9.17) is 0 Å². The van der Waals surface area contributed by atoms with Gasteiger partial charge in [-0.1, -0.05) is 89.9 Å². The second-order valence-corrected chi connectivity index (χ2v) is 10.1. The highest BCUT2D eigenvalue weighted by molar-refractivity contribution is 9.10. The van der Waals surface area contributed by atoms with E-state index in [-0.39, 0.29) is 17.6 Å². The zero-order chi connectivity index (χ0) is 24.2. The zero-order valence-corrected chi connectivity index (χ0v) is 21.9. The Morgan fingerprint density at radius 2 is 1.62 bits per heavy atom. The first-order valence-corrected chi connectivity index (χ1v) is 13.4. The molecule has 1 N–H and O–H groups in total. The molecule has 6 heteroatoms. The average molecular weight is 540 g/mol. The highest BCUT2D eigenvalue weighted by Gasteiger charge is 2.30. The number of unbranched alkanes of at least 4 members (excludes halogenated alkanes) is 1. The zero-order valence-electron chi connectivity index (χ0n) is 19.5. The van der Waals surface area contributed by atoms with Crippen LogP contribution >= 0.6 is 27.7 Å². The van der Waals surface area contributed by atoms with Gasteiger partial charge in [-0.2, -0.15) is 0 Å². The number of carbonyl (C=O) groups excluding carboxylic acids is 2. The van der Waals surface area contributed by atoms with Crippen molar-refractivity contribution in [3.8, 4) is 0 Å². The highest BCUT2D eigenvalue weighted by atomic mass is 79.9. The predicted molar refractivity (Wildman–Crippen MR) is 144 cm³/mol. The molecule has 4 nitrogen and oxygen atoms in total. The standard InChI is InChI=1S/C28H31BrN2O2S/c1-2-3-17-30-28(33)26(19-22-11-6-4-7-12-22)31(20-23-13-10-14-24(29)18-23)27(32)21-34-25-15-8-5-9-16-25/h4-16,18,26H,2-3,17,19-21H2,1H3,(H,30,33). The molecule has 0 fully saturated rings. The summed E-state index contributed by atoms with van der Waals surface area (Å²) >= 11 is 5.02. The molecular weight excluding hydrogens is 508 g/mol. The molecule has 0 bridgehead atoms. The molecule has 1 unspecified atom stereocenters. The lowest BCUT2D eigenvalue weighted by Gasteiger charge is -2.31. The Kier molecular flexibility index (Phi) is 10.7. The van der Waals surface area contributed by atoms with E-state index in [2.05, 4.69) is 28.2 Å². The van der Waals surface area contributed by atoms with Gasteiger partial charge in [0.15, 0.2) is 0 Å². The minimum absolute atomic E-state index is 0.0552. The summed E-state index contributed by atoms with van der Waals surface area (Å²) in [5.74, 6) is 0.108. The largest absolute Gasteiger partial charge is 0.354 e. The molecule has 3 aromatic carbocycles. The second kappa shape index (κ2) is 14.0. The third kappa shape index (κ3) is 8.33. The van der Waals surface area contributed by atoms with Gasteiger partial charge in [0.25, 0.3) is 0 Å². The van der Waals surface area contributed by atoms with Crippen molar-refractivity contribution in [3.05, 3.63) is 101 Å². The number of halogens is 1. The number of nitrogens with zero attached hydrogens (tertiary/aromatic N) is 1. The molecule has 2 amide bonds. The van der Waals surface area contributed by atoms with E-state index in [1.807, 2.05) is 84.9 Å². The topological polar surface area (TPSA) is 49.4 Å². The van der Waals surface area contributed by atoms with Crippen LogP contribution in [-0.2, 0) is 22.6 Å². The summed E-state index contributed by atoms with van der Waals surface area (Å²) in [6.07, 6.45) is 2.37. The molecule has 0 aliphatic carbocycles. The molecule has 1 atom stereocenters. The first-order valence-electron chi connectivity index (χ1n) is 11.6. The molecular formula is C28H31BrN2O2S. The number of thioether (sulfide) groups is 1. The van der Waals surface area contributed by atoms with Gasteiger partial charge in [-0.15, -0.1) is 11.8 Å². The Labute approximate surface area is 215 Å². The van der Waals surface area contributed by atoms with E-state index >= 15 is 0 Å². The van der Waals surface area contributed by atoms with Gasteiger partial charge in [0.2, 0.25) is 11.8 Å². The molecule has 0 aliphatic rings. The van der Waals surface area contributed by atoms with Crippen LogP contribution in [0.1, 0.15) is 30.9 Å². The van der Waals surface area contributed by atoms with Crippen LogP contribution in [0.5, 0.6) is 0 Å². The maximum absolute atomic E-state index is 13.6. The number of amides is 2. The number of hydrogen-bond acceptors (Lipinski definition) is 3. The van der Waals surface area contributed by atoms with Crippen molar-refractivity contribution in [2.24, 2.45) is 0 Å². The van der Waals surface area contributed by atoms with Gasteiger partial charge in [-0.3, -0.25) is 9.59 Å². The van der Waals surface area contributed by atoms with Crippen LogP contribution in [0.2, 0.25) is 0 Å². The van der Waals surface area contributed by atoms with E-state index in [1.54, 1.807) is 4.90 Å². The smallest absolute Gasteiger partial charge is 0.243 e. The van der Waals surface area contributed by atoms with E-state index in [0.29, 0.717) is 19.5 Å². The lowest BCUT2D eigenvalue weighted by atomic mass is 10.0. The molecule has 34 heavy (non-hydrogen) atoms.